The quantitative estimate of drug-likeness (QED) is 0.590. The first-order valence-corrected chi connectivity index (χ1v) is 9.15. The largest absolute Gasteiger partial charge is 0.352 e. The Balaban J connectivity index is 2.10. The number of unbranched alkanes of at least 4 members (excludes halogenated alkanes) is 1. The molecule has 25 heavy (non-hydrogen) atoms. The zero-order valence-corrected chi connectivity index (χ0v) is 15.0. The number of urea groups is 1. The van der Waals surface area contributed by atoms with E-state index in [2.05, 4.69) is 36.3 Å². The van der Waals surface area contributed by atoms with Crippen molar-refractivity contribution in [2.75, 3.05) is 19.6 Å². The first-order valence-electron chi connectivity index (χ1n) is 9.15. The van der Waals surface area contributed by atoms with Crippen LogP contribution in [-0.2, 0) is 4.79 Å². The Morgan fingerprint density at radius 1 is 1.24 bits per heavy atom. The molecule has 1 aromatic rings. The number of piperidine rings is 1. The van der Waals surface area contributed by atoms with E-state index in [1.807, 2.05) is 23.1 Å². The van der Waals surface area contributed by atoms with Crippen LogP contribution in [0.15, 0.2) is 43.0 Å². The van der Waals surface area contributed by atoms with Crippen molar-refractivity contribution in [1.82, 2.24) is 15.5 Å². The molecule has 2 rings (SSSR count). The number of nitrogens with zero attached hydrogens (tertiary/aromatic N) is 1. The second kappa shape index (κ2) is 9.87. The molecule has 0 radical (unpaired) electrons. The molecule has 3 amide bonds. The minimum Gasteiger partial charge on any atom is -0.352 e. The third-order valence-electron chi connectivity index (χ3n) is 4.63. The highest BCUT2D eigenvalue weighted by Gasteiger charge is 2.35. The second-order valence-corrected chi connectivity index (χ2v) is 6.47. The van der Waals surface area contributed by atoms with E-state index in [-0.39, 0.29) is 23.9 Å². The predicted molar refractivity (Wildman–Crippen MR) is 100 cm³/mol. The maximum Gasteiger partial charge on any atom is 0.317 e. The van der Waals surface area contributed by atoms with Crippen LogP contribution in [0.5, 0.6) is 0 Å². The normalized spacial score (nSPS) is 20.0. The van der Waals surface area contributed by atoms with E-state index in [0.29, 0.717) is 19.6 Å². The summed E-state index contributed by atoms with van der Waals surface area (Å²) >= 11 is 0. The Morgan fingerprint density at radius 3 is 2.68 bits per heavy atom. The zero-order valence-electron chi connectivity index (χ0n) is 15.0. The number of nitrogens with one attached hydrogen (secondary N) is 2. The lowest BCUT2D eigenvalue weighted by molar-refractivity contribution is -0.126. The van der Waals surface area contributed by atoms with Crippen molar-refractivity contribution in [3.8, 4) is 0 Å². The molecule has 0 bridgehead atoms. The van der Waals surface area contributed by atoms with Crippen LogP contribution in [0.3, 0.4) is 0 Å². The minimum absolute atomic E-state index is 0.00206. The SMILES string of the molecule is C=CCNC(=O)[C@@H]1CC[C@@H](c2ccccc2)N(C(=O)NCCCC)C1. The highest BCUT2D eigenvalue weighted by Crippen LogP contribution is 2.33. The van der Waals surface area contributed by atoms with Gasteiger partial charge in [-0.25, -0.2) is 4.79 Å². The molecule has 0 saturated carbocycles. The lowest BCUT2D eigenvalue weighted by atomic mass is 9.88. The van der Waals surface area contributed by atoms with E-state index in [1.54, 1.807) is 6.08 Å². The van der Waals surface area contributed by atoms with Crippen molar-refractivity contribution in [3.63, 3.8) is 0 Å². The third-order valence-corrected chi connectivity index (χ3v) is 4.63. The summed E-state index contributed by atoms with van der Waals surface area (Å²) in [5.41, 5.74) is 1.12. The van der Waals surface area contributed by atoms with E-state index in [4.69, 9.17) is 0 Å². The van der Waals surface area contributed by atoms with Gasteiger partial charge in [0.05, 0.1) is 12.0 Å². The van der Waals surface area contributed by atoms with Crippen LogP contribution in [0.1, 0.15) is 44.2 Å². The van der Waals surface area contributed by atoms with Gasteiger partial charge in [0.25, 0.3) is 0 Å². The highest BCUT2D eigenvalue weighted by molar-refractivity contribution is 5.81. The Kier molecular flexibility index (Phi) is 7.51. The van der Waals surface area contributed by atoms with Crippen LogP contribution >= 0.6 is 0 Å². The maximum absolute atomic E-state index is 12.7. The summed E-state index contributed by atoms with van der Waals surface area (Å²) in [4.78, 5) is 26.8. The first kappa shape index (κ1) is 19.0. The Hall–Kier alpha value is -2.30. The van der Waals surface area contributed by atoms with Gasteiger partial charge < -0.3 is 15.5 Å². The van der Waals surface area contributed by atoms with E-state index in [1.165, 1.54) is 0 Å². The molecule has 0 aromatic heterocycles. The van der Waals surface area contributed by atoms with Crippen molar-refractivity contribution >= 4 is 11.9 Å². The van der Waals surface area contributed by atoms with Gasteiger partial charge in [0.1, 0.15) is 0 Å². The number of carbonyl (C=O) groups is 2. The number of carbonyl (C=O) groups excluding carboxylic acids is 2. The number of hydrogen-bond donors (Lipinski definition) is 2. The topological polar surface area (TPSA) is 61.4 Å². The molecule has 136 valence electrons. The summed E-state index contributed by atoms with van der Waals surface area (Å²) in [6, 6.07) is 10.00. The van der Waals surface area contributed by atoms with Crippen molar-refractivity contribution in [1.29, 1.82) is 0 Å². The van der Waals surface area contributed by atoms with Gasteiger partial charge in [-0.2, -0.15) is 0 Å². The van der Waals surface area contributed by atoms with Gasteiger partial charge in [0.15, 0.2) is 0 Å². The standard InChI is InChI=1S/C20H29N3O2/c1-3-5-14-22-20(25)23-15-17(19(24)21-13-4-2)11-12-18(23)16-9-7-6-8-10-16/h4,6-10,17-18H,2-3,5,11-15H2,1H3,(H,21,24)(H,22,25)/t17-,18+/m1/s1. The van der Waals surface area contributed by atoms with Gasteiger partial charge in [-0.05, 0) is 24.8 Å². The number of benzene rings is 1. The summed E-state index contributed by atoms with van der Waals surface area (Å²) in [6.07, 6.45) is 5.23. The fourth-order valence-electron chi connectivity index (χ4n) is 3.22. The van der Waals surface area contributed by atoms with Gasteiger partial charge >= 0.3 is 6.03 Å². The van der Waals surface area contributed by atoms with Crippen molar-refractivity contribution in [2.45, 2.75) is 38.6 Å². The summed E-state index contributed by atoms with van der Waals surface area (Å²) in [6.45, 7) is 7.29. The molecule has 5 nitrogen and oxygen atoms in total. The molecule has 0 spiro atoms. The van der Waals surface area contributed by atoms with Gasteiger partial charge in [0, 0.05) is 19.6 Å². The third kappa shape index (κ3) is 5.34. The molecule has 0 aliphatic carbocycles. The summed E-state index contributed by atoms with van der Waals surface area (Å²) < 4.78 is 0. The fraction of sp³-hybridized carbons (Fsp3) is 0.500. The maximum atomic E-state index is 12.7. The first-order chi connectivity index (χ1) is 12.2. The van der Waals surface area contributed by atoms with Crippen LogP contribution in [0.4, 0.5) is 4.79 Å². The zero-order chi connectivity index (χ0) is 18.1. The van der Waals surface area contributed by atoms with Gasteiger partial charge in [-0.3, -0.25) is 4.79 Å². The molecule has 0 unspecified atom stereocenters. The molecule has 1 aliphatic heterocycles. The number of likely N-dealkylation sites (tertiary alicyclic amines) is 1. The smallest absolute Gasteiger partial charge is 0.317 e. The van der Waals surface area contributed by atoms with Crippen LogP contribution in [0.2, 0.25) is 0 Å². The second-order valence-electron chi connectivity index (χ2n) is 6.47. The highest BCUT2D eigenvalue weighted by atomic mass is 16.2. The van der Waals surface area contributed by atoms with E-state index in [0.717, 1.165) is 31.2 Å². The molecule has 5 heteroatoms. The molecule has 1 aliphatic rings. The molecule has 1 heterocycles. The van der Waals surface area contributed by atoms with E-state index >= 15 is 0 Å². The fourth-order valence-corrected chi connectivity index (χ4v) is 3.22. The lowest BCUT2D eigenvalue weighted by Gasteiger charge is -2.39. The van der Waals surface area contributed by atoms with Crippen LogP contribution in [0, 0.1) is 5.92 Å². The minimum atomic E-state index is -0.170. The van der Waals surface area contributed by atoms with Crippen LogP contribution in [-0.4, -0.2) is 36.5 Å². The Morgan fingerprint density at radius 2 is 2.00 bits per heavy atom. The average Bonchev–Trinajstić information content (AvgIpc) is 2.66. The van der Waals surface area contributed by atoms with Gasteiger partial charge in [-0.1, -0.05) is 49.8 Å². The molecule has 1 saturated heterocycles. The molecule has 2 N–H and O–H groups in total. The Labute approximate surface area is 150 Å². The molecular formula is C20H29N3O2. The summed E-state index contributed by atoms with van der Waals surface area (Å²) in [5.74, 6) is -0.172. The molecule has 1 fully saturated rings. The van der Waals surface area contributed by atoms with E-state index in [9.17, 15) is 9.59 Å². The number of rotatable bonds is 7. The summed E-state index contributed by atoms with van der Waals surface area (Å²) in [7, 11) is 0. The number of hydrogen-bond acceptors (Lipinski definition) is 2. The Bertz CT molecular complexity index is 574. The molecule has 2 atom stereocenters. The van der Waals surface area contributed by atoms with Crippen molar-refractivity contribution in [3.05, 3.63) is 48.6 Å². The van der Waals surface area contributed by atoms with Gasteiger partial charge in [-0.15, -0.1) is 6.58 Å². The van der Waals surface area contributed by atoms with Crippen LogP contribution < -0.4 is 10.6 Å². The van der Waals surface area contributed by atoms with Crippen molar-refractivity contribution in [2.24, 2.45) is 5.92 Å². The monoisotopic (exact) mass is 343 g/mol. The van der Waals surface area contributed by atoms with Crippen molar-refractivity contribution < 1.29 is 9.59 Å². The average molecular weight is 343 g/mol. The summed E-state index contributed by atoms with van der Waals surface area (Å²) in [5, 5.41) is 5.85. The number of amides is 3. The lowest BCUT2D eigenvalue weighted by Crippen LogP contribution is -2.50. The van der Waals surface area contributed by atoms with Crippen LogP contribution in [0.25, 0.3) is 0 Å². The predicted octanol–water partition coefficient (Wildman–Crippen LogP) is 3.25. The van der Waals surface area contributed by atoms with Gasteiger partial charge in [0.2, 0.25) is 5.91 Å². The molecular weight excluding hydrogens is 314 g/mol. The van der Waals surface area contributed by atoms with E-state index < -0.39 is 0 Å². The molecule has 1 aromatic carbocycles.